The van der Waals surface area contributed by atoms with E-state index >= 15 is 0 Å². The highest BCUT2D eigenvalue weighted by Crippen LogP contribution is 2.39. The summed E-state index contributed by atoms with van der Waals surface area (Å²) < 4.78 is 48.7. The number of hydrogen-bond acceptors (Lipinski definition) is 5. The largest absolute Gasteiger partial charge is 0.573 e. The molecule has 2 amide bonds. The van der Waals surface area contributed by atoms with Gasteiger partial charge in [0.15, 0.2) is 0 Å². The van der Waals surface area contributed by atoms with Gasteiger partial charge in [0.2, 0.25) is 11.8 Å². The summed E-state index contributed by atoms with van der Waals surface area (Å²) in [6.45, 7) is 13.5. The first-order chi connectivity index (χ1) is 20.3. The maximum absolute atomic E-state index is 13.7. The SMILES string of the molecule is CCOc1ccccc1C(c1ccc(OC(F)(F)F)cc1)N1CCN(C(=O)CC2CCN(C(C)=O)CC2)[C@@H](C(C)(C)C)C1. The van der Waals surface area contributed by atoms with E-state index in [4.69, 9.17) is 4.74 Å². The maximum Gasteiger partial charge on any atom is 0.573 e. The molecule has 2 heterocycles. The zero-order valence-electron chi connectivity index (χ0n) is 25.8. The topological polar surface area (TPSA) is 62.3 Å². The molecule has 0 bridgehead atoms. The number of benzene rings is 2. The van der Waals surface area contributed by atoms with Crippen molar-refractivity contribution in [2.75, 3.05) is 39.3 Å². The molecule has 7 nitrogen and oxygen atoms in total. The van der Waals surface area contributed by atoms with Gasteiger partial charge in [-0.15, -0.1) is 13.2 Å². The van der Waals surface area contributed by atoms with Crippen molar-refractivity contribution in [3.05, 3.63) is 59.7 Å². The van der Waals surface area contributed by atoms with Gasteiger partial charge < -0.3 is 19.3 Å². The molecule has 2 fully saturated rings. The molecule has 2 aromatic rings. The van der Waals surface area contributed by atoms with Crippen LogP contribution in [0, 0.1) is 11.3 Å². The van der Waals surface area contributed by atoms with Crippen molar-refractivity contribution in [1.82, 2.24) is 14.7 Å². The lowest BCUT2D eigenvalue weighted by molar-refractivity contribution is -0.274. The van der Waals surface area contributed by atoms with E-state index in [0.717, 1.165) is 24.0 Å². The second-order valence-corrected chi connectivity index (χ2v) is 12.6. The van der Waals surface area contributed by atoms with Crippen molar-refractivity contribution in [3.8, 4) is 11.5 Å². The third-order valence-electron chi connectivity index (χ3n) is 8.56. The third-order valence-corrected chi connectivity index (χ3v) is 8.56. The van der Waals surface area contributed by atoms with Crippen LogP contribution in [0.3, 0.4) is 0 Å². The fourth-order valence-corrected chi connectivity index (χ4v) is 6.33. The number of piperazine rings is 1. The van der Waals surface area contributed by atoms with Crippen LogP contribution < -0.4 is 9.47 Å². The Balaban J connectivity index is 1.60. The number of piperidine rings is 1. The average molecular weight is 604 g/mol. The van der Waals surface area contributed by atoms with Gasteiger partial charge >= 0.3 is 6.36 Å². The summed E-state index contributed by atoms with van der Waals surface area (Å²) >= 11 is 0. The fraction of sp³-hybridized carbons (Fsp3) is 0.576. The van der Waals surface area contributed by atoms with Crippen LogP contribution in [0.1, 0.15) is 71.0 Å². The van der Waals surface area contributed by atoms with E-state index in [-0.39, 0.29) is 41.0 Å². The van der Waals surface area contributed by atoms with Gasteiger partial charge in [0, 0.05) is 57.7 Å². The Hall–Kier alpha value is -3.27. The van der Waals surface area contributed by atoms with Crippen molar-refractivity contribution in [2.45, 2.75) is 72.3 Å². The van der Waals surface area contributed by atoms with Crippen molar-refractivity contribution in [3.63, 3.8) is 0 Å². The molecule has 1 unspecified atom stereocenters. The van der Waals surface area contributed by atoms with Crippen LogP contribution in [-0.2, 0) is 9.59 Å². The first-order valence-electron chi connectivity index (χ1n) is 15.1. The summed E-state index contributed by atoms with van der Waals surface area (Å²) in [5, 5.41) is 0. The zero-order valence-corrected chi connectivity index (χ0v) is 25.8. The first-order valence-corrected chi connectivity index (χ1v) is 15.1. The van der Waals surface area contributed by atoms with Gasteiger partial charge in [-0.3, -0.25) is 14.5 Å². The molecule has 0 N–H and O–H groups in total. The Morgan fingerprint density at radius 3 is 2.19 bits per heavy atom. The van der Waals surface area contributed by atoms with Crippen molar-refractivity contribution in [2.24, 2.45) is 11.3 Å². The molecule has 2 atom stereocenters. The van der Waals surface area contributed by atoms with Gasteiger partial charge in [-0.1, -0.05) is 51.1 Å². The van der Waals surface area contributed by atoms with Crippen LogP contribution in [0.5, 0.6) is 11.5 Å². The number of rotatable bonds is 8. The molecule has 236 valence electrons. The highest BCUT2D eigenvalue weighted by molar-refractivity contribution is 5.77. The number of carbonyl (C=O) groups is 2. The summed E-state index contributed by atoms with van der Waals surface area (Å²) in [5.74, 6) is 0.918. The predicted octanol–water partition coefficient (Wildman–Crippen LogP) is 6.28. The Morgan fingerprint density at radius 1 is 0.953 bits per heavy atom. The van der Waals surface area contributed by atoms with Gasteiger partial charge in [0.1, 0.15) is 11.5 Å². The van der Waals surface area contributed by atoms with Gasteiger partial charge in [0.05, 0.1) is 12.6 Å². The highest BCUT2D eigenvalue weighted by Gasteiger charge is 2.41. The smallest absolute Gasteiger partial charge is 0.494 e. The van der Waals surface area contributed by atoms with E-state index in [1.54, 1.807) is 19.1 Å². The molecule has 0 aliphatic carbocycles. The lowest BCUT2D eigenvalue weighted by Gasteiger charge is -2.50. The highest BCUT2D eigenvalue weighted by atomic mass is 19.4. The molecule has 2 aliphatic rings. The fourth-order valence-electron chi connectivity index (χ4n) is 6.33. The predicted molar refractivity (Wildman–Crippen MR) is 159 cm³/mol. The maximum atomic E-state index is 13.7. The lowest BCUT2D eigenvalue weighted by atomic mass is 9.82. The Kier molecular flexibility index (Phi) is 10.3. The number of amides is 2. The molecule has 2 saturated heterocycles. The number of hydrogen-bond donors (Lipinski definition) is 0. The first kappa shape index (κ1) is 32.6. The minimum absolute atomic E-state index is 0.0803. The van der Waals surface area contributed by atoms with E-state index in [0.29, 0.717) is 51.5 Å². The van der Waals surface area contributed by atoms with Crippen LogP contribution in [0.25, 0.3) is 0 Å². The second-order valence-electron chi connectivity index (χ2n) is 12.6. The molecule has 0 radical (unpaired) electrons. The number of carbonyl (C=O) groups excluding carboxylic acids is 2. The van der Waals surface area contributed by atoms with Gasteiger partial charge in [0.25, 0.3) is 0 Å². The van der Waals surface area contributed by atoms with E-state index < -0.39 is 6.36 Å². The van der Waals surface area contributed by atoms with Crippen molar-refractivity contribution >= 4 is 11.8 Å². The second kappa shape index (κ2) is 13.6. The number of nitrogens with zero attached hydrogens (tertiary/aromatic N) is 3. The zero-order chi connectivity index (χ0) is 31.4. The molecule has 4 rings (SSSR count). The lowest BCUT2D eigenvalue weighted by Crippen LogP contribution is -2.60. The number of likely N-dealkylation sites (tertiary alicyclic amines) is 1. The van der Waals surface area contributed by atoms with Gasteiger partial charge in [-0.2, -0.15) is 0 Å². The summed E-state index contributed by atoms with van der Waals surface area (Å²) in [6.07, 6.45) is -2.64. The minimum Gasteiger partial charge on any atom is -0.494 e. The summed E-state index contributed by atoms with van der Waals surface area (Å²) in [7, 11) is 0. The molecule has 2 aliphatic heterocycles. The minimum atomic E-state index is -4.77. The summed E-state index contributed by atoms with van der Waals surface area (Å²) in [5.41, 5.74) is 1.51. The number of ether oxygens (including phenoxy) is 2. The number of para-hydroxylation sites is 1. The Labute approximate surface area is 252 Å². The number of alkyl halides is 3. The van der Waals surface area contributed by atoms with Gasteiger partial charge in [-0.25, -0.2) is 0 Å². The summed E-state index contributed by atoms with van der Waals surface area (Å²) in [6, 6.07) is 13.4. The summed E-state index contributed by atoms with van der Waals surface area (Å²) in [4.78, 5) is 31.7. The normalized spacial score (nSPS) is 19.7. The molecule has 10 heteroatoms. The molecule has 2 aromatic carbocycles. The molecule has 0 spiro atoms. The standard InChI is InChI=1S/C33H44F3N3O4/c1-6-42-28-10-8-7-9-27(28)31(25-11-13-26(14-12-25)43-33(34,35)36)38-19-20-39(29(22-38)32(3,4)5)30(41)21-24-15-17-37(18-16-24)23(2)40/h7-14,24,29,31H,6,15-22H2,1-5H3/t29-,31?/m1/s1. The van der Waals surface area contributed by atoms with E-state index in [9.17, 15) is 22.8 Å². The van der Waals surface area contributed by atoms with Crippen LogP contribution in [0.2, 0.25) is 0 Å². The monoisotopic (exact) mass is 603 g/mol. The van der Waals surface area contributed by atoms with Crippen LogP contribution in [-0.4, -0.2) is 78.2 Å². The molecule has 43 heavy (non-hydrogen) atoms. The van der Waals surface area contributed by atoms with E-state index in [1.165, 1.54) is 12.1 Å². The quantitative estimate of drug-likeness (QED) is 0.356. The molecule has 0 saturated carbocycles. The van der Waals surface area contributed by atoms with E-state index in [1.807, 2.05) is 41.0 Å². The molecular formula is C33H44F3N3O4. The van der Waals surface area contributed by atoms with Crippen LogP contribution in [0.4, 0.5) is 13.2 Å². The molecular weight excluding hydrogens is 559 g/mol. The molecule has 0 aromatic heterocycles. The van der Waals surface area contributed by atoms with Gasteiger partial charge in [-0.05, 0) is 54.9 Å². The van der Waals surface area contributed by atoms with Crippen molar-refractivity contribution in [1.29, 1.82) is 0 Å². The Bertz CT molecular complexity index is 1240. The van der Waals surface area contributed by atoms with Crippen molar-refractivity contribution < 1.29 is 32.2 Å². The van der Waals surface area contributed by atoms with Crippen LogP contribution in [0.15, 0.2) is 48.5 Å². The Morgan fingerprint density at radius 2 is 1.60 bits per heavy atom. The van der Waals surface area contributed by atoms with Crippen LogP contribution >= 0.6 is 0 Å². The van der Waals surface area contributed by atoms with E-state index in [2.05, 4.69) is 30.4 Å². The average Bonchev–Trinajstić information content (AvgIpc) is 2.94. The third kappa shape index (κ3) is 8.43. The number of halogens is 3.